The van der Waals surface area contributed by atoms with Crippen molar-refractivity contribution in [2.75, 3.05) is 0 Å². The molecule has 0 aliphatic heterocycles. The van der Waals surface area contributed by atoms with Crippen molar-refractivity contribution in [3.63, 3.8) is 0 Å². The zero-order valence-corrected chi connectivity index (χ0v) is 9.16. The number of halogens is 1. The molecule has 0 bridgehead atoms. The molecule has 0 saturated carbocycles. The minimum absolute atomic E-state index is 0.457. The van der Waals surface area contributed by atoms with Gasteiger partial charge in [0.1, 0.15) is 0 Å². The third kappa shape index (κ3) is 2.07. The van der Waals surface area contributed by atoms with Gasteiger partial charge >= 0.3 is 0 Å². The normalized spacial score (nSPS) is 10.1. The summed E-state index contributed by atoms with van der Waals surface area (Å²) in [7, 11) is 0. The van der Waals surface area contributed by atoms with Gasteiger partial charge in [0.2, 0.25) is 5.91 Å². The average molecular weight is 231 g/mol. The maximum Gasteiger partial charge on any atom is 0.249 e. The first-order valence-corrected chi connectivity index (χ1v) is 5.12. The summed E-state index contributed by atoms with van der Waals surface area (Å²) in [4.78, 5) is 11.2. The van der Waals surface area contributed by atoms with Crippen molar-refractivity contribution < 1.29 is 4.79 Å². The number of carbonyl (C=O) groups excluding carboxylic acids is 1. The Labute approximate surface area is 98.7 Å². The van der Waals surface area contributed by atoms with Gasteiger partial charge in [0, 0.05) is 10.6 Å². The Balaban J connectivity index is 2.55. The number of benzene rings is 2. The Morgan fingerprint density at radius 1 is 1.19 bits per heavy atom. The number of amides is 1. The quantitative estimate of drug-likeness (QED) is 0.847. The summed E-state index contributed by atoms with van der Waals surface area (Å²) in [5.41, 5.74) is 7.46. The molecule has 16 heavy (non-hydrogen) atoms. The number of primary amides is 1. The first kappa shape index (κ1) is 10.7. The summed E-state index contributed by atoms with van der Waals surface area (Å²) >= 11 is 5.80. The van der Waals surface area contributed by atoms with E-state index in [1.54, 1.807) is 24.3 Å². The lowest BCUT2D eigenvalue weighted by molar-refractivity contribution is 0.100. The number of rotatable bonds is 2. The largest absolute Gasteiger partial charge is 0.366 e. The summed E-state index contributed by atoms with van der Waals surface area (Å²) < 4.78 is 0. The minimum Gasteiger partial charge on any atom is -0.366 e. The minimum atomic E-state index is -0.457. The van der Waals surface area contributed by atoms with Gasteiger partial charge in [-0.1, -0.05) is 35.9 Å². The van der Waals surface area contributed by atoms with Crippen LogP contribution in [0.3, 0.4) is 0 Å². The van der Waals surface area contributed by atoms with Crippen LogP contribution in [0.4, 0.5) is 0 Å². The van der Waals surface area contributed by atoms with Crippen molar-refractivity contribution in [1.82, 2.24) is 0 Å². The first-order valence-electron chi connectivity index (χ1n) is 4.74. The number of hydrogen-bond acceptors (Lipinski definition) is 1. The Hall–Kier alpha value is -1.80. The zero-order chi connectivity index (χ0) is 11.5. The van der Waals surface area contributed by atoms with Crippen LogP contribution in [0.25, 0.3) is 11.1 Å². The van der Waals surface area contributed by atoms with E-state index in [0.29, 0.717) is 10.6 Å². The second-order valence-corrected chi connectivity index (χ2v) is 3.78. The van der Waals surface area contributed by atoms with Crippen molar-refractivity contribution in [2.24, 2.45) is 5.73 Å². The van der Waals surface area contributed by atoms with Crippen molar-refractivity contribution in [2.45, 2.75) is 0 Å². The molecule has 1 radical (unpaired) electrons. The fourth-order valence-corrected chi connectivity index (χ4v) is 1.64. The molecule has 2 nitrogen and oxygen atoms in total. The van der Waals surface area contributed by atoms with Crippen LogP contribution in [0.5, 0.6) is 0 Å². The molecule has 1 amide bonds. The van der Waals surface area contributed by atoms with Crippen LogP contribution in [-0.2, 0) is 0 Å². The predicted octanol–water partition coefficient (Wildman–Crippen LogP) is 2.91. The molecule has 2 N–H and O–H groups in total. The molecule has 2 aromatic carbocycles. The molecule has 0 saturated heterocycles. The molecule has 0 aromatic heterocycles. The lowest BCUT2D eigenvalue weighted by Gasteiger charge is -2.06. The van der Waals surface area contributed by atoms with E-state index in [2.05, 4.69) is 6.07 Å². The van der Waals surface area contributed by atoms with Crippen LogP contribution in [0.2, 0.25) is 5.02 Å². The van der Waals surface area contributed by atoms with Gasteiger partial charge in [-0.3, -0.25) is 4.79 Å². The monoisotopic (exact) mass is 230 g/mol. The molecule has 0 aliphatic rings. The van der Waals surface area contributed by atoms with Crippen LogP contribution < -0.4 is 5.73 Å². The predicted molar refractivity (Wildman–Crippen MR) is 64.2 cm³/mol. The molecule has 0 aliphatic carbocycles. The van der Waals surface area contributed by atoms with E-state index in [9.17, 15) is 4.79 Å². The Bertz CT molecular complexity index is 520. The third-order valence-electron chi connectivity index (χ3n) is 2.28. The summed E-state index contributed by atoms with van der Waals surface area (Å²) in [5.74, 6) is -0.457. The zero-order valence-electron chi connectivity index (χ0n) is 8.41. The summed E-state index contributed by atoms with van der Waals surface area (Å²) in [6, 6.07) is 15.2. The maximum absolute atomic E-state index is 11.2. The highest BCUT2D eigenvalue weighted by Crippen LogP contribution is 2.24. The highest BCUT2D eigenvalue weighted by atomic mass is 35.5. The second-order valence-electron chi connectivity index (χ2n) is 3.34. The molecular weight excluding hydrogens is 222 g/mol. The van der Waals surface area contributed by atoms with Gasteiger partial charge in [-0.05, 0) is 35.4 Å². The van der Waals surface area contributed by atoms with E-state index < -0.39 is 5.91 Å². The van der Waals surface area contributed by atoms with E-state index in [1.807, 2.05) is 18.2 Å². The van der Waals surface area contributed by atoms with E-state index >= 15 is 0 Å². The molecule has 0 atom stereocenters. The maximum atomic E-state index is 11.2. The van der Waals surface area contributed by atoms with Gasteiger partial charge in [0.25, 0.3) is 0 Å². The molecule has 0 fully saturated rings. The van der Waals surface area contributed by atoms with Gasteiger partial charge in [0.05, 0.1) is 0 Å². The van der Waals surface area contributed by atoms with Crippen LogP contribution in [0.1, 0.15) is 10.4 Å². The van der Waals surface area contributed by atoms with Crippen molar-refractivity contribution in [3.05, 3.63) is 59.1 Å². The summed E-state index contributed by atoms with van der Waals surface area (Å²) in [6.45, 7) is 0. The first-order chi connectivity index (χ1) is 7.68. The van der Waals surface area contributed by atoms with Gasteiger partial charge in [-0.2, -0.15) is 0 Å². The molecule has 0 spiro atoms. The van der Waals surface area contributed by atoms with Gasteiger partial charge in [-0.25, -0.2) is 0 Å². The summed E-state index contributed by atoms with van der Waals surface area (Å²) in [5, 5.41) is 0.659. The highest BCUT2D eigenvalue weighted by Gasteiger charge is 2.08. The van der Waals surface area contributed by atoms with Crippen molar-refractivity contribution >= 4 is 17.5 Å². The van der Waals surface area contributed by atoms with Gasteiger partial charge < -0.3 is 5.73 Å². The van der Waals surface area contributed by atoms with Crippen molar-refractivity contribution in [3.8, 4) is 11.1 Å². The average Bonchev–Trinajstić information content (AvgIpc) is 2.30. The molecule has 79 valence electrons. The Morgan fingerprint density at radius 2 is 1.88 bits per heavy atom. The standard InChI is InChI=1S/C13H9ClNO/c14-10-7-5-9(6-8-10)11-3-1-2-4-12(11)13(15)16/h1,3-8H,(H2,15,16). The molecule has 3 heteroatoms. The van der Waals surface area contributed by atoms with Crippen LogP contribution in [-0.4, -0.2) is 5.91 Å². The molecule has 2 rings (SSSR count). The van der Waals surface area contributed by atoms with Gasteiger partial charge in [-0.15, -0.1) is 0 Å². The number of hydrogen-bond donors (Lipinski definition) is 1. The Kier molecular flexibility index (Phi) is 2.93. The number of carbonyl (C=O) groups is 1. The van der Waals surface area contributed by atoms with E-state index in [4.69, 9.17) is 17.3 Å². The fourth-order valence-electron chi connectivity index (χ4n) is 1.52. The lowest BCUT2D eigenvalue weighted by Crippen LogP contribution is -2.12. The topological polar surface area (TPSA) is 43.1 Å². The van der Waals surface area contributed by atoms with E-state index in [0.717, 1.165) is 11.1 Å². The number of nitrogens with two attached hydrogens (primary N) is 1. The molecule has 2 aromatic rings. The lowest BCUT2D eigenvalue weighted by atomic mass is 9.99. The Morgan fingerprint density at radius 3 is 2.50 bits per heavy atom. The smallest absolute Gasteiger partial charge is 0.249 e. The van der Waals surface area contributed by atoms with Crippen LogP contribution in [0, 0.1) is 6.07 Å². The second kappa shape index (κ2) is 4.37. The molecule has 0 unspecified atom stereocenters. The molecule has 0 heterocycles. The molecular formula is C13H9ClNO. The highest BCUT2D eigenvalue weighted by molar-refractivity contribution is 6.30. The fraction of sp³-hybridized carbons (Fsp3) is 0. The van der Waals surface area contributed by atoms with Crippen LogP contribution in [0.15, 0.2) is 42.5 Å². The van der Waals surface area contributed by atoms with Crippen LogP contribution >= 0.6 is 11.6 Å². The summed E-state index contributed by atoms with van der Waals surface area (Å²) in [6.07, 6.45) is 0. The SMILES string of the molecule is NC(=O)c1c[c]ccc1-c1ccc(Cl)cc1. The van der Waals surface area contributed by atoms with E-state index in [1.165, 1.54) is 0 Å². The van der Waals surface area contributed by atoms with E-state index in [-0.39, 0.29) is 0 Å². The van der Waals surface area contributed by atoms with Gasteiger partial charge in [0.15, 0.2) is 0 Å². The van der Waals surface area contributed by atoms with Crippen molar-refractivity contribution in [1.29, 1.82) is 0 Å². The third-order valence-corrected chi connectivity index (χ3v) is 2.54.